The van der Waals surface area contributed by atoms with Crippen LogP contribution in [0.25, 0.3) is 33.5 Å². The maximum absolute atomic E-state index is 6.29. The van der Waals surface area contributed by atoms with Crippen LogP contribution in [-0.2, 0) is 9.31 Å². The third kappa shape index (κ3) is 2.62. The van der Waals surface area contributed by atoms with E-state index in [1.807, 2.05) is 6.07 Å². The monoisotopic (exact) mass is 409 g/mol. The van der Waals surface area contributed by atoms with Crippen LogP contribution in [0.1, 0.15) is 27.7 Å². The van der Waals surface area contributed by atoms with E-state index >= 15 is 0 Å². The average molecular weight is 409 g/mol. The van der Waals surface area contributed by atoms with Crippen LogP contribution in [0.3, 0.4) is 0 Å². The van der Waals surface area contributed by atoms with Crippen LogP contribution in [0.15, 0.2) is 72.8 Å². The summed E-state index contributed by atoms with van der Waals surface area (Å²) in [7, 11) is -0.401. The highest BCUT2D eigenvalue weighted by molar-refractivity contribution is 6.62. The first kappa shape index (κ1) is 18.7. The lowest BCUT2D eigenvalue weighted by Crippen LogP contribution is -2.41. The molecule has 1 aliphatic rings. The van der Waals surface area contributed by atoms with Gasteiger partial charge in [0.25, 0.3) is 0 Å². The number of benzene rings is 3. The fourth-order valence-electron chi connectivity index (χ4n) is 4.37. The number of rotatable bonds is 2. The Hall–Kier alpha value is -3.09. The van der Waals surface area contributed by atoms with E-state index in [0.29, 0.717) is 0 Å². The maximum Gasteiger partial charge on any atom is 0.494 e. The van der Waals surface area contributed by atoms with Crippen LogP contribution in [-0.4, -0.2) is 32.3 Å². The van der Waals surface area contributed by atoms with Crippen molar-refractivity contribution in [2.75, 3.05) is 0 Å². The summed E-state index contributed by atoms with van der Waals surface area (Å²) in [6.45, 7) is 8.32. The zero-order chi connectivity index (χ0) is 21.4. The Balaban J connectivity index is 1.60. The minimum atomic E-state index is -0.401. The van der Waals surface area contributed by atoms with Gasteiger partial charge in [0.05, 0.1) is 33.3 Å². The number of fused-ring (bicyclic) bond motifs is 5. The van der Waals surface area contributed by atoms with E-state index in [-0.39, 0.29) is 11.2 Å². The Morgan fingerprint density at radius 3 is 2.10 bits per heavy atom. The van der Waals surface area contributed by atoms with Crippen molar-refractivity contribution in [3.63, 3.8) is 0 Å². The highest BCUT2D eigenvalue weighted by Gasteiger charge is 2.51. The largest absolute Gasteiger partial charge is 0.494 e. The smallest absolute Gasteiger partial charge is 0.399 e. The molecule has 31 heavy (non-hydrogen) atoms. The second kappa shape index (κ2) is 6.22. The minimum Gasteiger partial charge on any atom is -0.399 e. The van der Waals surface area contributed by atoms with E-state index < -0.39 is 7.12 Å². The number of hydrogen-bond donors (Lipinski definition) is 0. The lowest BCUT2D eigenvalue weighted by molar-refractivity contribution is 0.00578. The summed E-state index contributed by atoms with van der Waals surface area (Å²) in [5.74, 6) is 0.897. The van der Waals surface area contributed by atoms with Gasteiger partial charge >= 0.3 is 7.12 Å². The molecule has 1 aliphatic heterocycles. The van der Waals surface area contributed by atoms with E-state index in [9.17, 15) is 0 Å². The molecule has 0 aliphatic carbocycles. The molecular formula is C25H24BN3O2. The standard InChI is InChI=1S/C25H24BN3O2/c1-24(2)25(3,4)31-26(30-24)17-14-15-19-22(16-17)29-21-13-9-8-12-20(21)28(23(29)27-19)18-10-6-5-7-11-18/h5-16H,1-4H3. The van der Waals surface area contributed by atoms with Gasteiger partial charge in [-0.25, -0.2) is 4.98 Å². The predicted molar refractivity (Wildman–Crippen MR) is 125 cm³/mol. The number of hydrogen-bond acceptors (Lipinski definition) is 3. The number of nitrogens with zero attached hydrogens (tertiary/aromatic N) is 3. The summed E-state index contributed by atoms with van der Waals surface area (Å²) < 4.78 is 17.0. The number of para-hydroxylation sites is 3. The van der Waals surface area contributed by atoms with Gasteiger partial charge in [-0.2, -0.15) is 0 Å². The zero-order valence-corrected chi connectivity index (χ0v) is 18.2. The van der Waals surface area contributed by atoms with Crippen LogP contribution in [0, 0.1) is 0 Å². The highest BCUT2D eigenvalue weighted by Crippen LogP contribution is 2.37. The average Bonchev–Trinajstić information content (AvgIpc) is 3.34. The molecule has 2 aromatic heterocycles. The maximum atomic E-state index is 6.29. The molecular weight excluding hydrogens is 385 g/mol. The molecule has 5 nitrogen and oxygen atoms in total. The van der Waals surface area contributed by atoms with Gasteiger partial charge in [-0.15, -0.1) is 0 Å². The van der Waals surface area contributed by atoms with Crippen LogP contribution in [0.5, 0.6) is 0 Å². The summed E-state index contributed by atoms with van der Waals surface area (Å²) in [5, 5.41) is 0. The van der Waals surface area contributed by atoms with Crippen molar-refractivity contribution in [2.45, 2.75) is 38.9 Å². The lowest BCUT2D eigenvalue weighted by atomic mass is 9.79. The molecule has 0 saturated carbocycles. The fourth-order valence-corrected chi connectivity index (χ4v) is 4.37. The van der Waals surface area contributed by atoms with Crippen molar-refractivity contribution in [1.82, 2.24) is 14.0 Å². The summed E-state index contributed by atoms with van der Waals surface area (Å²) in [4.78, 5) is 5.00. The van der Waals surface area contributed by atoms with Gasteiger partial charge in [0, 0.05) is 5.69 Å². The van der Waals surface area contributed by atoms with Gasteiger partial charge in [0.15, 0.2) is 0 Å². The predicted octanol–water partition coefficient (Wildman–Crippen LogP) is 4.73. The molecule has 6 heteroatoms. The van der Waals surface area contributed by atoms with Crippen LogP contribution in [0.2, 0.25) is 0 Å². The zero-order valence-electron chi connectivity index (χ0n) is 18.2. The Labute approximate surface area is 181 Å². The Kier molecular flexibility index (Phi) is 3.74. The van der Waals surface area contributed by atoms with Crippen molar-refractivity contribution in [1.29, 1.82) is 0 Å². The molecule has 154 valence electrons. The molecule has 0 radical (unpaired) electrons. The lowest BCUT2D eigenvalue weighted by Gasteiger charge is -2.32. The molecule has 0 amide bonds. The Morgan fingerprint density at radius 1 is 0.742 bits per heavy atom. The molecule has 0 atom stereocenters. The third-order valence-electron chi connectivity index (χ3n) is 6.76. The van der Waals surface area contributed by atoms with E-state index in [0.717, 1.165) is 39.0 Å². The van der Waals surface area contributed by atoms with Crippen LogP contribution in [0.4, 0.5) is 0 Å². The molecule has 0 N–H and O–H groups in total. The van der Waals surface area contributed by atoms with E-state index in [1.54, 1.807) is 0 Å². The summed E-state index contributed by atoms with van der Waals surface area (Å²) in [5.41, 5.74) is 5.60. The molecule has 0 spiro atoms. The second-order valence-electron chi connectivity index (χ2n) is 9.24. The third-order valence-corrected chi connectivity index (χ3v) is 6.76. The van der Waals surface area contributed by atoms with Gasteiger partial charge in [-0.3, -0.25) is 8.97 Å². The van der Waals surface area contributed by atoms with Crippen LogP contribution < -0.4 is 5.46 Å². The van der Waals surface area contributed by atoms with Crippen molar-refractivity contribution in [3.05, 3.63) is 72.8 Å². The van der Waals surface area contributed by atoms with E-state index in [4.69, 9.17) is 14.3 Å². The molecule has 5 aromatic rings. The summed E-state index contributed by atoms with van der Waals surface area (Å²) in [6.07, 6.45) is 0. The Morgan fingerprint density at radius 2 is 1.39 bits per heavy atom. The first-order chi connectivity index (χ1) is 14.9. The summed E-state index contributed by atoms with van der Waals surface area (Å²) in [6, 6.07) is 25.1. The fraction of sp³-hybridized carbons (Fsp3) is 0.240. The first-order valence-corrected chi connectivity index (χ1v) is 10.7. The second-order valence-corrected chi connectivity index (χ2v) is 9.24. The van der Waals surface area contributed by atoms with Crippen molar-refractivity contribution in [3.8, 4) is 5.69 Å². The normalized spacial score (nSPS) is 17.9. The van der Waals surface area contributed by atoms with Crippen LogP contribution >= 0.6 is 0 Å². The molecule has 1 saturated heterocycles. The minimum absolute atomic E-state index is 0.372. The molecule has 6 rings (SSSR count). The van der Waals surface area contributed by atoms with Crippen molar-refractivity contribution < 1.29 is 9.31 Å². The molecule has 1 fully saturated rings. The highest BCUT2D eigenvalue weighted by atomic mass is 16.7. The van der Waals surface area contributed by atoms with Gasteiger partial charge in [-0.1, -0.05) is 36.4 Å². The molecule has 3 aromatic carbocycles. The Bertz CT molecular complexity index is 1430. The number of aromatic nitrogens is 3. The van der Waals surface area contributed by atoms with Gasteiger partial charge in [0.2, 0.25) is 5.78 Å². The van der Waals surface area contributed by atoms with E-state index in [2.05, 4.69) is 103 Å². The topological polar surface area (TPSA) is 40.7 Å². The number of imidazole rings is 2. The molecule has 3 heterocycles. The van der Waals surface area contributed by atoms with Gasteiger partial charge < -0.3 is 9.31 Å². The van der Waals surface area contributed by atoms with Crippen molar-refractivity contribution >= 4 is 40.4 Å². The SMILES string of the molecule is CC1(C)OB(c2ccc3nc4n(-c5ccccc5)c5ccccc5n4c3c2)OC1(C)C. The van der Waals surface area contributed by atoms with Gasteiger partial charge in [0.1, 0.15) is 0 Å². The van der Waals surface area contributed by atoms with E-state index in [1.165, 1.54) is 0 Å². The summed E-state index contributed by atoms with van der Waals surface area (Å²) >= 11 is 0. The first-order valence-electron chi connectivity index (χ1n) is 10.7. The molecule has 0 unspecified atom stereocenters. The van der Waals surface area contributed by atoms with Crippen molar-refractivity contribution in [2.24, 2.45) is 0 Å². The quantitative estimate of drug-likeness (QED) is 0.396. The van der Waals surface area contributed by atoms with Gasteiger partial charge in [-0.05, 0) is 69.6 Å². The molecule has 0 bridgehead atoms.